The van der Waals surface area contributed by atoms with E-state index in [9.17, 15) is 14.4 Å². The SMILES string of the molecule is CC(C)C(=O)N1CCC2(CC1)N=C(c1ccc(-c3ccc4[nH]ccc4c3)cc1)N(CC1CN(C(=O)C3CC3)C1)C2=O. The average Bonchev–Trinajstić information content (AvgIpc) is 3.66. The maximum Gasteiger partial charge on any atom is 0.256 e. The molecule has 7 rings (SSSR count). The van der Waals surface area contributed by atoms with Gasteiger partial charge < -0.3 is 14.8 Å². The highest BCUT2D eigenvalue weighted by molar-refractivity contribution is 6.15. The van der Waals surface area contributed by atoms with Gasteiger partial charge in [-0.2, -0.15) is 0 Å². The van der Waals surface area contributed by atoms with Gasteiger partial charge in [0.05, 0.1) is 0 Å². The van der Waals surface area contributed by atoms with Gasteiger partial charge in [-0.25, -0.2) is 0 Å². The predicted molar refractivity (Wildman–Crippen MR) is 158 cm³/mol. The van der Waals surface area contributed by atoms with Crippen LogP contribution >= 0.6 is 0 Å². The standard InChI is InChI=1S/C33H37N5O3/c1-21(2)30(39)36-15-12-33(13-16-36)32(41)38(20-22-18-37(19-22)31(40)25-7-8-25)29(35-33)24-5-3-23(4-6-24)26-9-10-28-27(17-26)11-14-34-28/h3-6,9-11,14,17,21-22,25,34H,7-8,12-13,15-16,18-20H2,1-2H3. The number of likely N-dealkylation sites (tertiary alicyclic amines) is 2. The van der Waals surface area contributed by atoms with Crippen molar-refractivity contribution in [2.75, 3.05) is 32.7 Å². The summed E-state index contributed by atoms with van der Waals surface area (Å²) in [4.78, 5) is 53.3. The molecule has 2 aromatic carbocycles. The number of hydrogen-bond donors (Lipinski definition) is 1. The van der Waals surface area contributed by atoms with E-state index in [1.165, 1.54) is 5.39 Å². The van der Waals surface area contributed by atoms with Crippen molar-refractivity contribution in [3.05, 3.63) is 60.3 Å². The Kier molecular flexibility index (Phi) is 6.25. The number of aliphatic imine (C=N–C) groups is 1. The van der Waals surface area contributed by atoms with Crippen molar-refractivity contribution in [2.45, 2.75) is 45.1 Å². The molecule has 1 aromatic heterocycles. The van der Waals surface area contributed by atoms with Crippen LogP contribution in [-0.2, 0) is 14.4 Å². The Morgan fingerprint density at radius 3 is 2.32 bits per heavy atom. The minimum Gasteiger partial charge on any atom is -0.361 e. The molecule has 3 aliphatic heterocycles. The third-order valence-electron chi connectivity index (χ3n) is 9.28. The smallest absolute Gasteiger partial charge is 0.256 e. The summed E-state index contributed by atoms with van der Waals surface area (Å²) >= 11 is 0. The quantitative estimate of drug-likeness (QED) is 0.495. The number of carbonyl (C=O) groups is 3. The third-order valence-corrected chi connectivity index (χ3v) is 9.28. The van der Waals surface area contributed by atoms with E-state index in [0.29, 0.717) is 45.6 Å². The predicted octanol–water partition coefficient (Wildman–Crippen LogP) is 4.31. The lowest BCUT2D eigenvalue weighted by Crippen LogP contribution is -2.57. The number of H-pyrrole nitrogens is 1. The summed E-state index contributed by atoms with van der Waals surface area (Å²) in [6, 6.07) is 16.8. The van der Waals surface area contributed by atoms with Crippen LogP contribution in [0.3, 0.4) is 0 Å². The van der Waals surface area contributed by atoms with Gasteiger partial charge in [-0.3, -0.25) is 24.3 Å². The van der Waals surface area contributed by atoms with Crippen molar-refractivity contribution < 1.29 is 14.4 Å². The highest BCUT2D eigenvalue weighted by Crippen LogP contribution is 2.38. The highest BCUT2D eigenvalue weighted by Gasteiger charge is 2.51. The Morgan fingerprint density at radius 1 is 0.951 bits per heavy atom. The number of aromatic nitrogens is 1. The zero-order valence-corrected chi connectivity index (χ0v) is 23.8. The molecule has 1 saturated carbocycles. The molecule has 0 atom stereocenters. The first kappa shape index (κ1) is 26.0. The van der Waals surface area contributed by atoms with Gasteiger partial charge in [0.15, 0.2) is 0 Å². The number of benzene rings is 2. The van der Waals surface area contributed by atoms with E-state index in [2.05, 4.69) is 53.5 Å². The van der Waals surface area contributed by atoms with E-state index in [1.807, 2.05) is 34.7 Å². The number of amides is 3. The maximum atomic E-state index is 14.1. The molecular formula is C33H37N5O3. The van der Waals surface area contributed by atoms with Gasteiger partial charge >= 0.3 is 0 Å². The fourth-order valence-corrected chi connectivity index (χ4v) is 6.59. The molecule has 3 amide bonds. The molecule has 212 valence electrons. The molecule has 2 saturated heterocycles. The Balaban J connectivity index is 1.14. The zero-order chi connectivity index (χ0) is 28.3. The number of carbonyl (C=O) groups excluding carboxylic acids is 3. The monoisotopic (exact) mass is 551 g/mol. The first-order valence-electron chi connectivity index (χ1n) is 15.0. The van der Waals surface area contributed by atoms with E-state index in [1.54, 1.807) is 0 Å². The number of nitrogens with zero attached hydrogens (tertiary/aromatic N) is 4. The van der Waals surface area contributed by atoms with Crippen molar-refractivity contribution in [3.63, 3.8) is 0 Å². The second kappa shape index (κ2) is 9.86. The number of rotatable bonds is 6. The van der Waals surface area contributed by atoms with Crippen molar-refractivity contribution in [1.29, 1.82) is 0 Å². The summed E-state index contributed by atoms with van der Waals surface area (Å²) < 4.78 is 0. The van der Waals surface area contributed by atoms with Gasteiger partial charge in [-0.05, 0) is 60.4 Å². The highest BCUT2D eigenvalue weighted by atomic mass is 16.2. The van der Waals surface area contributed by atoms with E-state index in [0.717, 1.165) is 40.9 Å². The van der Waals surface area contributed by atoms with Crippen LogP contribution in [0.5, 0.6) is 0 Å². The number of hydrogen-bond acceptors (Lipinski definition) is 4. The molecule has 1 N–H and O–H groups in total. The Bertz CT molecular complexity index is 1540. The molecule has 0 radical (unpaired) electrons. The van der Waals surface area contributed by atoms with E-state index < -0.39 is 5.54 Å². The largest absolute Gasteiger partial charge is 0.361 e. The zero-order valence-electron chi connectivity index (χ0n) is 23.8. The lowest BCUT2D eigenvalue weighted by atomic mass is 9.87. The van der Waals surface area contributed by atoms with Crippen LogP contribution in [0, 0.1) is 17.8 Å². The minimum atomic E-state index is -0.825. The van der Waals surface area contributed by atoms with E-state index in [4.69, 9.17) is 4.99 Å². The maximum absolute atomic E-state index is 14.1. The lowest BCUT2D eigenvalue weighted by molar-refractivity contribution is -0.142. The number of aromatic amines is 1. The molecule has 8 heteroatoms. The first-order valence-corrected chi connectivity index (χ1v) is 15.0. The Labute approximate surface area is 240 Å². The second-order valence-electron chi connectivity index (χ2n) is 12.6. The minimum absolute atomic E-state index is 0.0399. The van der Waals surface area contributed by atoms with Crippen LogP contribution < -0.4 is 0 Å². The van der Waals surface area contributed by atoms with Crippen molar-refractivity contribution in [1.82, 2.24) is 19.7 Å². The number of piperidine rings is 1. The summed E-state index contributed by atoms with van der Waals surface area (Å²) in [6.07, 6.45) is 5.04. The molecule has 1 spiro atoms. The van der Waals surface area contributed by atoms with E-state index in [-0.39, 0.29) is 35.5 Å². The van der Waals surface area contributed by atoms with Gasteiger partial charge in [-0.15, -0.1) is 0 Å². The first-order chi connectivity index (χ1) is 19.8. The summed E-state index contributed by atoms with van der Waals surface area (Å²) in [6.45, 7) is 6.90. The number of amidine groups is 1. The van der Waals surface area contributed by atoms with Gasteiger partial charge in [-0.1, -0.05) is 44.2 Å². The third kappa shape index (κ3) is 4.63. The van der Waals surface area contributed by atoms with Crippen LogP contribution in [-0.4, -0.2) is 81.5 Å². The van der Waals surface area contributed by atoms with Crippen LogP contribution in [0.15, 0.2) is 59.7 Å². The van der Waals surface area contributed by atoms with Crippen molar-refractivity contribution in [2.24, 2.45) is 22.7 Å². The molecule has 3 aromatic rings. The molecule has 0 bridgehead atoms. The van der Waals surface area contributed by atoms with E-state index >= 15 is 0 Å². The van der Waals surface area contributed by atoms with Crippen molar-refractivity contribution >= 4 is 34.5 Å². The van der Waals surface area contributed by atoms with Gasteiger partial charge in [0.25, 0.3) is 5.91 Å². The number of fused-ring (bicyclic) bond motifs is 1. The molecule has 4 heterocycles. The summed E-state index contributed by atoms with van der Waals surface area (Å²) in [5.74, 6) is 1.58. The fraction of sp³-hybridized carbons (Fsp3) is 0.455. The molecular weight excluding hydrogens is 514 g/mol. The van der Waals surface area contributed by atoms with Gasteiger partial charge in [0.1, 0.15) is 11.4 Å². The molecule has 4 aliphatic rings. The topological polar surface area (TPSA) is 89.1 Å². The molecule has 1 aliphatic carbocycles. The Morgan fingerprint density at radius 2 is 1.63 bits per heavy atom. The van der Waals surface area contributed by atoms with Crippen molar-refractivity contribution in [3.8, 4) is 11.1 Å². The summed E-state index contributed by atoms with van der Waals surface area (Å²) in [5, 5.41) is 1.17. The van der Waals surface area contributed by atoms with Gasteiger partial charge in [0.2, 0.25) is 11.8 Å². The molecule has 41 heavy (non-hydrogen) atoms. The Hall–Kier alpha value is -3.94. The normalized spacial score (nSPS) is 20.7. The van der Waals surface area contributed by atoms with Crippen LogP contribution in [0.2, 0.25) is 0 Å². The second-order valence-corrected chi connectivity index (χ2v) is 12.6. The molecule has 0 unspecified atom stereocenters. The fourth-order valence-electron chi connectivity index (χ4n) is 6.59. The van der Waals surface area contributed by atoms with Crippen LogP contribution in [0.1, 0.15) is 45.1 Å². The van der Waals surface area contributed by atoms with Crippen LogP contribution in [0.25, 0.3) is 22.0 Å². The van der Waals surface area contributed by atoms with Crippen LogP contribution in [0.4, 0.5) is 0 Å². The summed E-state index contributed by atoms with van der Waals surface area (Å²) in [5.41, 5.74) is 3.46. The lowest BCUT2D eigenvalue weighted by Gasteiger charge is -2.42. The van der Waals surface area contributed by atoms with Gasteiger partial charge in [0, 0.05) is 67.8 Å². The molecule has 8 nitrogen and oxygen atoms in total. The number of nitrogens with one attached hydrogen (secondary N) is 1. The average molecular weight is 552 g/mol. The molecule has 3 fully saturated rings. The summed E-state index contributed by atoms with van der Waals surface area (Å²) in [7, 11) is 0.